The van der Waals surface area contributed by atoms with Crippen LogP contribution in [-0.2, 0) is 23.7 Å². The largest absolute Gasteiger partial charge is 0.457 e. The van der Waals surface area contributed by atoms with Gasteiger partial charge >= 0.3 is 5.97 Å². The summed E-state index contributed by atoms with van der Waals surface area (Å²) in [5.41, 5.74) is 0. The second-order valence-corrected chi connectivity index (χ2v) is 19.7. The lowest BCUT2D eigenvalue weighted by Crippen LogP contribution is -2.59. The molecule has 1 rings (SSSR count). The quantitative estimate of drug-likeness (QED) is 0.0267. The van der Waals surface area contributed by atoms with E-state index in [1.54, 1.807) is 0 Å². The molecule has 1 saturated heterocycles. The van der Waals surface area contributed by atoms with Crippen LogP contribution in [0.3, 0.4) is 0 Å². The molecule has 6 unspecified atom stereocenters. The molecule has 1 heterocycles. The first-order chi connectivity index (χ1) is 31.9. The van der Waals surface area contributed by atoms with E-state index in [0.717, 1.165) is 32.1 Å². The summed E-state index contributed by atoms with van der Waals surface area (Å²) in [6.07, 6.45) is 49.8. The number of aliphatic hydroxyl groups excluding tert-OH is 4. The number of hydrogen-bond donors (Lipinski definition) is 4. The van der Waals surface area contributed by atoms with Gasteiger partial charge in [0.05, 0.1) is 19.8 Å². The molecule has 0 aliphatic carbocycles. The monoisotopic (exact) mass is 925 g/mol. The van der Waals surface area contributed by atoms with Crippen LogP contribution in [0, 0.1) is 0 Å². The normalized spacial score (nSPS) is 19.4. The van der Waals surface area contributed by atoms with Gasteiger partial charge in [0.1, 0.15) is 30.5 Å². The highest BCUT2D eigenvalue weighted by Gasteiger charge is 2.44. The van der Waals surface area contributed by atoms with E-state index in [9.17, 15) is 25.2 Å². The summed E-state index contributed by atoms with van der Waals surface area (Å²) in [5, 5.41) is 40.3. The number of carbonyl (C=O) groups excluding carboxylic acids is 1. The third-order valence-corrected chi connectivity index (χ3v) is 13.4. The Morgan fingerprint density at radius 2 is 0.846 bits per heavy atom. The van der Waals surface area contributed by atoms with E-state index in [0.29, 0.717) is 13.0 Å². The number of hydrogen-bond acceptors (Lipinski definition) is 9. The van der Waals surface area contributed by atoms with Crippen LogP contribution in [-0.4, -0.2) is 89.6 Å². The smallest absolute Gasteiger partial charge is 0.306 e. The maximum absolute atomic E-state index is 12.8. The average molecular weight is 925 g/mol. The molecule has 0 aromatic heterocycles. The first kappa shape index (κ1) is 61.9. The maximum Gasteiger partial charge on any atom is 0.306 e. The Bertz CT molecular complexity index is 1010. The Hall–Kier alpha value is -1.07. The highest BCUT2D eigenvalue weighted by molar-refractivity contribution is 5.69. The molecule has 9 heteroatoms. The van der Waals surface area contributed by atoms with Crippen LogP contribution in [0.15, 0.2) is 12.2 Å². The van der Waals surface area contributed by atoms with Gasteiger partial charge in [-0.25, -0.2) is 0 Å². The van der Waals surface area contributed by atoms with Crippen LogP contribution in [0.25, 0.3) is 0 Å². The molecule has 0 bridgehead atoms. The molecule has 1 aliphatic heterocycles. The van der Waals surface area contributed by atoms with E-state index in [-0.39, 0.29) is 19.2 Å². The van der Waals surface area contributed by atoms with Crippen LogP contribution < -0.4 is 0 Å². The highest BCUT2D eigenvalue weighted by atomic mass is 16.7. The predicted octanol–water partition coefficient (Wildman–Crippen LogP) is 14.3. The van der Waals surface area contributed by atoms with Crippen LogP contribution in [0.5, 0.6) is 0 Å². The van der Waals surface area contributed by atoms with E-state index in [1.807, 2.05) is 0 Å². The van der Waals surface area contributed by atoms with Crippen molar-refractivity contribution in [3.63, 3.8) is 0 Å². The maximum atomic E-state index is 12.8. The van der Waals surface area contributed by atoms with Crippen molar-refractivity contribution in [1.82, 2.24) is 0 Å². The third kappa shape index (κ3) is 38.5. The topological polar surface area (TPSA) is 135 Å². The van der Waals surface area contributed by atoms with Crippen molar-refractivity contribution in [1.29, 1.82) is 0 Å². The number of allylic oxidation sites excluding steroid dienone is 2. The summed E-state index contributed by atoms with van der Waals surface area (Å²) in [4.78, 5) is 12.8. The van der Waals surface area contributed by atoms with E-state index in [2.05, 4.69) is 26.0 Å². The van der Waals surface area contributed by atoms with Gasteiger partial charge in [-0.1, -0.05) is 244 Å². The highest BCUT2D eigenvalue weighted by Crippen LogP contribution is 2.23. The van der Waals surface area contributed by atoms with Crippen molar-refractivity contribution in [3.05, 3.63) is 12.2 Å². The number of carbonyl (C=O) groups is 1. The summed E-state index contributed by atoms with van der Waals surface area (Å²) in [7, 11) is 0. The molecule has 1 fully saturated rings. The van der Waals surface area contributed by atoms with Crippen LogP contribution in [0.4, 0.5) is 0 Å². The molecule has 0 amide bonds. The molecule has 0 aromatic carbocycles. The fourth-order valence-electron chi connectivity index (χ4n) is 9.02. The zero-order valence-electron chi connectivity index (χ0n) is 42.8. The Morgan fingerprint density at radius 1 is 0.477 bits per heavy atom. The van der Waals surface area contributed by atoms with Crippen molar-refractivity contribution in [3.8, 4) is 0 Å². The summed E-state index contributed by atoms with van der Waals surface area (Å²) in [6.45, 7) is 4.62. The van der Waals surface area contributed by atoms with Crippen LogP contribution in [0.1, 0.15) is 277 Å². The third-order valence-electron chi connectivity index (χ3n) is 13.4. The van der Waals surface area contributed by atoms with E-state index in [4.69, 9.17) is 18.9 Å². The first-order valence-electron chi connectivity index (χ1n) is 28.3. The van der Waals surface area contributed by atoms with E-state index >= 15 is 0 Å². The van der Waals surface area contributed by atoms with Crippen molar-refractivity contribution in [2.75, 3.05) is 26.4 Å². The lowest BCUT2D eigenvalue weighted by atomic mass is 9.99. The summed E-state index contributed by atoms with van der Waals surface area (Å²) in [6, 6.07) is 0. The van der Waals surface area contributed by atoms with Gasteiger partial charge in [0.2, 0.25) is 0 Å². The van der Waals surface area contributed by atoms with Gasteiger partial charge in [-0.3, -0.25) is 4.79 Å². The van der Waals surface area contributed by atoms with Gasteiger partial charge in [-0.2, -0.15) is 0 Å². The molecule has 1 aliphatic rings. The fourth-order valence-corrected chi connectivity index (χ4v) is 9.02. The first-order valence-corrected chi connectivity index (χ1v) is 28.3. The summed E-state index contributed by atoms with van der Waals surface area (Å²) >= 11 is 0. The van der Waals surface area contributed by atoms with Crippen molar-refractivity contribution in [2.24, 2.45) is 0 Å². The molecule has 386 valence electrons. The zero-order chi connectivity index (χ0) is 47.1. The zero-order valence-corrected chi connectivity index (χ0v) is 42.8. The summed E-state index contributed by atoms with van der Waals surface area (Å²) < 4.78 is 23.0. The fraction of sp³-hybridized carbons (Fsp3) is 0.946. The molecule has 65 heavy (non-hydrogen) atoms. The lowest BCUT2D eigenvalue weighted by molar-refractivity contribution is -0.305. The summed E-state index contributed by atoms with van der Waals surface area (Å²) in [5.74, 6) is -0.306. The number of unbranched alkanes of at least 4 members (excludes halogenated alkanes) is 37. The van der Waals surface area contributed by atoms with Crippen molar-refractivity contribution >= 4 is 5.97 Å². The molecule has 0 radical (unpaired) electrons. The molecule has 9 nitrogen and oxygen atoms in total. The molecule has 6 atom stereocenters. The SMILES string of the molecule is CCCCCCCCCC/C=C\CCCCCCCCCCCCCCCCOCC(COC1OC(CO)C(O)C(O)C1O)OC(=O)CCCCCCCCCCCCCCCCCC. The van der Waals surface area contributed by atoms with Gasteiger partial charge in [0.15, 0.2) is 6.29 Å². The minimum absolute atomic E-state index is 0.106. The molecular weight excluding hydrogens is 817 g/mol. The molecule has 0 saturated carbocycles. The van der Waals surface area contributed by atoms with Gasteiger partial charge in [0.25, 0.3) is 0 Å². The van der Waals surface area contributed by atoms with E-state index in [1.165, 1.54) is 225 Å². The Balaban J connectivity index is 2.12. The predicted molar refractivity (Wildman–Crippen MR) is 270 cm³/mol. The molecular formula is C56H108O9. The minimum Gasteiger partial charge on any atom is -0.457 e. The van der Waals surface area contributed by atoms with Crippen LogP contribution >= 0.6 is 0 Å². The molecule has 4 N–H and O–H groups in total. The Labute approximate surface area is 401 Å². The Morgan fingerprint density at radius 3 is 1.25 bits per heavy atom. The average Bonchev–Trinajstić information content (AvgIpc) is 3.31. The lowest BCUT2D eigenvalue weighted by Gasteiger charge is -2.39. The minimum atomic E-state index is -1.53. The Kier molecular flexibility index (Phi) is 45.7. The molecule has 0 aromatic rings. The van der Waals surface area contributed by atoms with Gasteiger partial charge in [-0.05, 0) is 38.5 Å². The van der Waals surface area contributed by atoms with Gasteiger partial charge in [0, 0.05) is 13.0 Å². The van der Waals surface area contributed by atoms with Crippen molar-refractivity contribution in [2.45, 2.75) is 314 Å². The number of esters is 1. The second kappa shape index (κ2) is 48.0. The number of ether oxygens (including phenoxy) is 4. The standard InChI is InChI=1S/C56H108O9/c1-3-5-7-9-11-13-15-17-19-21-22-23-24-25-26-27-28-29-30-32-34-36-38-40-42-44-46-62-48-50(49-63-56-55(61)54(60)53(59)51(47-57)65-56)64-52(58)45-43-41-39-37-35-33-31-20-18-16-14-12-10-8-6-4-2/h21-22,50-51,53-57,59-61H,3-20,23-49H2,1-2H3/b22-21-. The molecule has 0 spiro atoms. The number of aliphatic hydroxyl groups is 4. The number of rotatable bonds is 50. The van der Waals surface area contributed by atoms with Gasteiger partial charge in [-0.15, -0.1) is 0 Å². The van der Waals surface area contributed by atoms with E-state index < -0.39 is 43.4 Å². The van der Waals surface area contributed by atoms with Crippen LogP contribution in [0.2, 0.25) is 0 Å². The second-order valence-electron chi connectivity index (χ2n) is 19.7. The van der Waals surface area contributed by atoms with Crippen molar-refractivity contribution < 1.29 is 44.2 Å². The van der Waals surface area contributed by atoms with Gasteiger partial charge < -0.3 is 39.4 Å².